The molecule has 2 heterocycles. The van der Waals surface area contributed by atoms with Crippen LogP contribution in [0.1, 0.15) is 31.0 Å². The topological polar surface area (TPSA) is 62.3 Å². The highest BCUT2D eigenvalue weighted by Gasteiger charge is 2.30. The maximum Gasteiger partial charge on any atom is 0.248 e. The van der Waals surface area contributed by atoms with E-state index in [-0.39, 0.29) is 11.8 Å². The van der Waals surface area contributed by atoms with Crippen LogP contribution in [0.15, 0.2) is 42.5 Å². The van der Waals surface area contributed by atoms with Gasteiger partial charge in [-0.3, -0.25) is 14.5 Å². The van der Waals surface area contributed by atoms with E-state index in [1.807, 2.05) is 43.3 Å². The maximum atomic E-state index is 12.6. The van der Waals surface area contributed by atoms with Crippen molar-refractivity contribution in [3.8, 4) is 0 Å². The molecule has 3 rings (SSSR count). The van der Waals surface area contributed by atoms with Gasteiger partial charge in [0.1, 0.15) is 11.9 Å². The quantitative estimate of drug-likeness (QED) is 0.944. The van der Waals surface area contributed by atoms with Crippen molar-refractivity contribution in [3.05, 3.63) is 53.7 Å². The number of amides is 2. The Bertz CT molecular complexity index is 773. The highest BCUT2D eigenvalue weighted by Crippen LogP contribution is 2.28. The fourth-order valence-electron chi connectivity index (χ4n) is 3.03. The van der Waals surface area contributed by atoms with Crippen LogP contribution in [0, 0.1) is 6.92 Å². The summed E-state index contributed by atoms with van der Waals surface area (Å²) in [4.78, 5) is 31.1. The van der Waals surface area contributed by atoms with Gasteiger partial charge in [0, 0.05) is 17.8 Å². The summed E-state index contributed by atoms with van der Waals surface area (Å²) in [6, 6.07) is 12.7. The first-order chi connectivity index (χ1) is 11.6. The van der Waals surface area contributed by atoms with Gasteiger partial charge in [-0.2, -0.15) is 0 Å². The van der Waals surface area contributed by atoms with E-state index in [2.05, 4.69) is 10.3 Å². The number of hydrogen-bond donors (Lipinski definition) is 1. The van der Waals surface area contributed by atoms with Crippen LogP contribution in [-0.4, -0.2) is 22.8 Å². The molecule has 0 aliphatic carbocycles. The number of carbonyl (C=O) groups excluding carboxylic acids is 2. The number of carbonyl (C=O) groups is 2. The lowest BCUT2D eigenvalue weighted by atomic mass is 10.1. The maximum absolute atomic E-state index is 12.6. The molecule has 1 aliphatic heterocycles. The molecule has 0 saturated carbocycles. The lowest BCUT2D eigenvalue weighted by Gasteiger charge is -2.28. The Morgan fingerprint density at radius 1 is 1.17 bits per heavy atom. The molecule has 1 unspecified atom stereocenters. The number of fused-ring (bicyclic) bond motifs is 1. The molecule has 2 amide bonds. The SMILES string of the molecule is Cc1cccc(NC(=O)C(C)N2C(=O)CCCc3ccccc32)n1. The Hall–Kier alpha value is -2.69. The van der Waals surface area contributed by atoms with Crippen molar-refractivity contribution in [2.24, 2.45) is 0 Å². The van der Waals surface area contributed by atoms with Crippen molar-refractivity contribution in [2.45, 2.75) is 39.2 Å². The average molecular weight is 323 g/mol. The van der Waals surface area contributed by atoms with Crippen LogP contribution < -0.4 is 10.2 Å². The molecule has 2 aromatic rings. The number of nitrogens with one attached hydrogen (secondary N) is 1. The molecule has 1 aromatic heterocycles. The predicted molar refractivity (Wildman–Crippen MR) is 93.9 cm³/mol. The number of nitrogens with zero attached hydrogens (tertiary/aromatic N) is 2. The first-order valence-corrected chi connectivity index (χ1v) is 8.21. The van der Waals surface area contributed by atoms with E-state index in [0.29, 0.717) is 12.2 Å². The summed E-state index contributed by atoms with van der Waals surface area (Å²) in [5.74, 6) is 0.250. The number of para-hydroxylation sites is 1. The van der Waals surface area contributed by atoms with Crippen LogP contribution in [0.25, 0.3) is 0 Å². The van der Waals surface area contributed by atoms with Crippen molar-refractivity contribution < 1.29 is 9.59 Å². The number of benzene rings is 1. The average Bonchev–Trinajstić information content (AvgIpc) is 2.72. The largest absolute Gasteiger partial charge is 0.309 e. The highest BCUT2D eigenvalue weighted by molar-refractivity contribution is 6.05. The smallest absolute Gasteiger partial charge is 0.248 e. The van der Waals surface area contributed by atoms with Crippen molar-refractivity contribution in [3.63, 3.8) is 0 Å². The Morgan fingerprint density at radius 2 is 1.96 bits per heavy atom. The molecular formula is C19H21N3O2. The van der Waals surface area contributed by atoms with Gasteiger partial charge in [0.05, 0.1) is 0 Å². The highest BCUT2D eigenvalue weighted by atomic mass is 16.2. The summed E-state index contributed by atoms with van der Waals surface area (Å²) in [5.41, 5.74) is 2.77. The second-order valence-corrected chi connectivity index (χ2v) is 6.08. The first-order valence-electron chi connectivity index (χ1n) is 8.21. The molecule has 0 saturated heterocycles. The van der Waals surface area contributed by atoms with Crippen LogP contribution in [0.2, 0.25) is 0 Å². The summed E-state index contributed by atoms with van der Waals surface area (Å²) in [6.07, 6.45) is 2.11. The molecule has 0 spiro atoms. The minimum absolute atomic E-state index is 0.0141. The van der Waals surface area contributed by atoms with Crippen LogP contribution in [-0.2, 0) is 16.0 Å². The molecule has 5 nitrogen and oxygen atoms in total. The van der Waals surface area contributed by atoms with Gasteiger partial charge in [-0.15, -0.1) is 0 Å². The van der Waals surface area contributed by atoms with Gasteiger partial charge < -0.3 is 5.32 Å². The van der Waals surface area contributed by atoms with Crippen LogP contribution in [0.3, 0.4) is 0 Å². The normalized spacial score (nSPS) is 15.4. The van der Waals surface area contributed by atoms with Crippen LogP contribution >= 0.6 is 0 Å². The van der Waals surface area contributed by atoms with Crippen LogP contribution in [0.4, 0.5) is 11.5 Å². The molecule has 0 fully saturated rings. The van der Waals surface area contributed by atoms with Crippen molar-refractivity contribution in [2.75, 3.05) is 10.2 Å². The van der Waals surface area contributed by atoms with E-state index >= 15 is 0 Å². The summed E-state index contributed by atoms with van der Waals surface area (Å²) in [7, 11) is 0. The molecule has 1 N–H and O–H groups in total. The van der Waals surface area contributed by atoms with Crippen LogP contribution in [0.5, 0.6) is 0 Å². The molecule has 124 valence electrons. The third-order valence-corrected chi connectivity index (χ3v) is 4.26. The molecule has 24 heavy (non-hydrogen) atoms. The molecule has 1 aromatic carbocycles. The molecule has 1 atom stereocenters. The van der Waals surface area contributed by atoms with E-state index in [1.54, 1.807) is 17.9 Å². The number of pyridine rings is 1. The first kappa shape index (κ1) is 16.2. The minimum Gasteiger partial charge on any atom is -0.309 e. The molecule has 5 heteroatoms. The summed E-state index contributed by atoms with van der Waals surface area (Å²) in [5, 5.41) is 2.81. The van der Waals surface area contributed by atoms with Gasteiger partial charge in [-0.1, -0.05) is 24.3 Å². The van der Waals surface area contributed by atoms with Gasteiger partial charge in [0.15, 0.2) is 0 Å². The zero-order chi connectivity index (χ0) is 17.1. The Labute approximate surface area is 141 Å². The summed E-state index contributed by atoms with van der Waals surface area (Å²) >= 11 is 0. The zero-order valence-electron chi connectivity index (χ0n) is 14.0. The second-order valence-electron chi connectivity index (χ2n) is 6.08. The minimum atomic E-state index is -0.598. The van der Waals surface area contributed by atoms with Gasteiger partial charge in [-0.25, -0.2) is 4.98 Å². The van der Waals surface area contributed by atoms with Crippen molar-refractivity contribution in [1.82, 2.24) is 4.98 Å². The third kappa shape index (κ3) is 3.30. The zero-order valence-corrected chi connectivity index (χ0v) is 14.0. The van der Waals surface area contributed by atoms with Gasteiger partial charge in [0.2, 0.25) is 11.8 Å². The summed E-state index contributed by atoms with van der Waals surface area (Å²) < 4.78 is 0. The number of hydrogen-bond acceptors (Lipinski definition) is 3. The van der Waals surface area contributed by atoms with Gasteiger partial charge >= 0.3 is 0 Å². The third-order valence-electron chi connectivity index (χ3n) is 4.26. The fraction of sp³-hybridized carbons (Fsp3) is 0.316. The number of aromatic nitrogens is 1. The molecule has 1 aliphatic rings. The number of rotatable bonds is 3. The lowest BCUT2D eigenvalue weighted by Crippen LogP contribution is -2.45. The van der Waals surface area contributed by atoms with Gasteiger partial charge in [-0.05, 0) is 50.5 Å². The standard InChI is InChI=1S/C19H21N3O2/c1-13-7-5-11-17(20-13)21-19(24)14(2)22-16-10-4-3-8-15(16)9-6-12-18(22)23/h3-5,7-8,10-11,14H,6,9,12H2,1-2H3,(H,20,21,24). The molecule has 0 radical (unpaired) electrons. The molecule has 0 bridgehead atoms. The Morgan fingerprint density at radius 3 is 2.75 bits per heavy atom. The van der Waals surface area contributed by atoms with E-state index < -0.39 is 6.04 Å². The van der Waals surface area contributed by atoms with Gasteiger partial charge in [0.25, 0.3) is 0 Å². The monoisotopic (exact) mass is 323 g/mol. The van der Waals surface area contributed by atoms with E-state index in [4.69, 9.17) is 0 Å². The number of anilines is 2. The lowest BCUT2D eigenvalue weighted by molar-refractivity contribution is -0.123. The van der Waals surface area contributed by atoms with Crippen molar-refractivity contribution >= 4 is 23.3 Å². The van der Waals surface area contributed by atoms with E-state index in [1.165, 1.54) is 0 Å². The second kappa shape index (κ2) is 6.83. The summed E-state index contributed by atoms with van der Waals surface area (Å²) in [6.45, 7) is 3.62. The Kier molecular flexibility index (Phi) is 4.60. The molecular weight excluding hydrogens is 302 g/mol. The fourth-order valence-corrected chi connectivity index (χ4v) is 3.03. The van der Waals surface area contributed by atoms with Crippen molar-refractivity contribution in [1.29, 1.82) is 0 Å². The van der Waals surface area contributed by atoms with E-state index in [9.17, 15) is 9.59 Å². The number of aryl methyl sites for hydroxylation is 2. The van der Waals surface area contributed by atoms with E-state index in [0.717, 1.165) is 29.8 Å². The Balaban J connectivity index is 1.86. The predicted octanol–water partition coefficient (Wildman–Crippen LogP) is 3.09.